The zero-order valence-corrected chi connectivity index (χ0v) is 20.4. The number of benzene rings is 2. The van der Waals surface area contributed by atoms with Gasteiger partial charge < -0.3 is 10.8 Å². The summed E-state index contributed by atoms with van der Waals surface area (Å²) in [4.78, 5) is 16.2. The van der Waals surface area contributed by atoms with E-state index < -0.39 is 11.5 Å². The highest BCUT2D eigenvalue weighted by Crippen LogP contribution is 2.40. The number of amides is 1. The van der Waals surface area contributed by atoms with Crippen molar-refractivity contribution in [2.24, 2.45) is 5.73 Å². The Morgan fingerprint density at radius 1 is 1.22 bits per heavy atom. The molecular weight excluding hydrogens is 471 g/mol. The number of aliphatic hydroxyl groups is 1. The number of nitrogens with two attached hydrogens (primary N) is 1. The Morgan fingerprint density at radius 3 is 2.86 bits per heavy atom. The molecule has 0 spiro atoms. The summed E-state index contributed by atoms with van der Waals surface area (Å²) in [6.07, 6.45) is 6.25. The van der Waals surface area contributed by atoms with Crippen LogP contribution in [0.3, 0.4) is 0 Å². The normalized spacial score (nSPS) is 20.0. The van der Waals surface area contributed by atoms with Gasteiger partial charge in [-0.15, -0.1) is 0 Å². The Bertz CT molecular complexity index is 1660. The number of primary amides is 1. The van der Waals surface area contributed by atoms with Crippen LogP contribution in [-0.4, -0.2) is 41.2 Å². The van der Waals surface area contributed by atoms with Crippen LogP contribution in [0, 0.1) is 12.7 Å². The number of halogens is 1. The number of aromatic nitrogens is 5. The van der Waals surface area contributed by atoms with E-state index in [-0.39, 0.29) is 18.4 Å². The lowest BCUT2D eigenvalue weighted by Crippen LogP contribution is -2.40. The fourth-order valence-electron chi connectivity index (χ4n) is 5.58. The van der Waals surface area contributed by atoms with Crippen LogP contribution < -0.4 is 5.73 Å². The van der Waals surface area contributed by atoms with Crippen molar-refractivity contribution in [3.05, 3.63) is 78.0 Å². The molecule has 3 heterocycles. The smallest absolute Gasteiger partial charge is 0.248 e. The SMILES string of the molecule is Cc1cc(-c2nn(C3CCCC(O)(Cn4cc5cccc(F)c5n4)C3)c3ccc(C(N)=O)cc23)ccn1. The third-order valence-corrected chi connectivity index (χ3v) is 7.29. The first kappa shape index (κ1) is 23.3. The summed E-state index contributed by atoms with van der Waals surface area (Å²) < 4.78 is 17.8. The second kappa shape index (κ2) is 8.77. The Hall–Kier alpha value is -4.11. The van der Waals surface area contributed by atoms with Gasteiger partial charge in [-0.2, -0.15) is 10.2 Å². The zero-order valence-electron chi connectivity index (χ0n) is 20.4. The minimum absolute atomic E-state index is 0.0703. The molecule has 9 heteroatoms. The van der Waals surface area contributed by atoms with Crippen molar-refractivity contribution in [3.8, 4) is 11.3 Å². The van der Waals surface area contributed by atoms with Crippen molar-refractivity contribution < 1.29 is 14.3 Å². The number of pyridine rings is 1. The van der Waals surface area contributed by atoms with Crippen molar-refractivity contribution in [2.75, 3.05) is 0 Å². The average molecular weight is 499 g/mol. The molecule has 6 rings (SSSR count). The largest absolute Gasteiger partial charge is 0.388 e. The molecule has 0 aliphatic heterocycles. The lowest BCUT2D eigenvalue weighted by atomic mass is 9.81. The maximum Gasteiger partial charge on any atom is 0.248 e. The van der Waals surface area contributed by atoms with E-state index in [0.717, 1.165) is 40.7 Å². The standard InChI is InChI=1S/C28H27FN6O2/c1-17-12-18(9-11-31-17)25-22-13-19(27(30)36)7-8-24(22)35(33-25)21-5-3-10-28(37,14-21)16-34-15-20-4-2-6-23(29)26(20)32-34/h2,4,6-9,11-13,15,21,37H,3,5,10,14,16H2,1H3,(H2,30,36). The van der Waals surface area contributed by atoms with Gasteiger partial charge in [-0.05, 0) is 62.6 Å². The van der Waals surface area contributed by atoms with E-state index in [1.54, 1.807) is 35.3 Å². The minimum Gasteiger partial charge on any atom is -0.388 e. The molecular formula is C28H27FN6O2. The van der Waals surface area contributed by atoms with Crippen LogP contribution in [-0.2, 0) is 6.54 Å². The lowest BCUT2D eigenvalue weighted by Gasteiger charge is -2.37. The predicted octanol–water partition coefficient (Wildman–Crippen LogP) is 4.54. The molecule has 37 heavy (non-hydrogen) atoms. The van der Waals surface area contributed by atoms with Gasteiger partial charge in [0.05, 0.1) is 23.7 Å². The molecule has 3 N–H and O–H groups in total. The van der Waals surface area contributed by atoms with Crippen molar-refractivity contribution in [3.63, 3.8) is 0 Å². The first-order valence-corrected chi connectivity index (χ1v) is 12.4. The number of carbonyl (C=O) groups excluding carboxylic acids is 1. The molecule has 8 nitrogen and oxygen atoms in total. The van der Waals surface area contributed by atoms with Gasteiger partial charge in [0.2, 0.25) is 5.91 Å². The van der Waals surface area contributed by atoms with E-state index in [2.05, 4.69) is 10.1 Å². The summed E-state index contributed by atoms with van der Waals surface area (Å²) in [5.41, 5.74) is 8.64. The Balaban J connectivity index is 1.38. The molecule has 1 aliphatic rings. The molecule has 1 saturated carbocycles. The van der Waals surface area contributed by atoms with Gasteiger partial charge in [-0.25, -0.2) is 4.39 Å². The molecule has 0 saturated heterocycles. The maximum atomic E-state index is 14.2. The quantitative estimate of drug-likeness (QED) is 0.370. The summed E-state index contributed by atoms with van der Waals surface area (Å²) >= 11 is 0. The summed E-state index contributed by atoms with van der Waals surface area (Å²) in [5, 5.41) is 22.5. The molecule has 2 aromatic carbocycles. The Labute approximate surface area is 212 Å². The second-order valence-electron chi connectivity index (χ2n) is 10.1. The molecule has 0 radical (unpaired) electrons. The van der Waals surface area contributed by atoms with Crippen LogP contribution in [0.25, 0.3) is 33.1 Å². The summed E-state index contributed by atoms with van der Waals surface area (Å²) in [7, 11) is 0. The Morgan fingerprint density at radius 2 is 2.08 bits per heavy atom. The number of rotatable bonds is 5. The third kappa shape index (κ3) is 4.25. The van der Waals surface area contributed by atoms with E-state index in [9.17, 15) is 14.3 Å². The van der Waals surface area contributed by atoms with Crippen molar-refractivity contribution >= 4 is 27.7 Å². The van der Waals surface area contributed by atoms with Crippen molar-refractivity contribution in [1.29, 1.82) is 0 Å². The van der Waals surface area contributed by atoms with Crippen LogP contribution in [0.1, 0.15) is 47.8 Å². The summed E-state index contributed by atoms with van der Waals surface area (Å²) in [6, 6.07) is 14.0. The van der Waals surface area contributed by atoms with E-state index in [1.807, 2.05) is 35.9 Å². The fraction of sp³-hybridized carbons (Fsp3) is 0.286. The number of aryl methyl sites for hydroxylation is 1. The second-order valence-corrected chi connectivity index (χ2v) is 10.1. The fourth-order valence-corrected chi connectivity index (χ4v) is 5.58. The molecule has 188 valence electrons. The molecule has 3 aromatic heterocycles. The van der Waals surface area contributed by atoms with Crippen LogP contribution in [0.2, 0.25) is 0 Å². The van der Waals surface area contributed by atoms with Gasteiger partial charge in [-0.3, -0.25) is 19.1 Å². The highest BCUT2D eigenvalue weighted by atomic mass is 19.1. The topological polar surface area (TPSA) is 112 Å². The van der Waals surface area contributed by atoms with E-state index in [1.165, 1.54) is 6.07 Å². The van der Waals surface area contributed by atoms with Gasteiger partial charge >= 0.3 is 0 Å². The molecule has 1 aliphatic carbocycles. The van der Waals surface area contributed by atoms with Gasteiger partial charge in [-0.1, -0.05) is 12.1 Å². The van der Waals surface area contributed by atoms with Gasteiger partial charge in [0.15, 0.2) is 5.82 Å². The van der Waals surface area contributed by atoms with Gasteiger partial charge in [0.25, 0.3) is 0 Å². The minimum atomic E-state index is -1.03. The highest BCUT2D eigenvalue weighted by molar-refractivity contribution is 6.01. The van der Waals surface area contributed by atoms with Crippen molar-refractivity contribution in [1.82, 2.24) is 24.5 Å². The molecule has 2 atom stereocenters. The monoisotopic (exact) mass is 498 g/mol. The first-order chi connectivity index (χ1) is 17.8. The lowest BCUT2D eigenvalue weighted by molar-refractivity contribution is -0.0309. The maximum absolute atomic E-state index is 14.2. The summed E-state index contributed by atoms with van der Waals surface area (Å²) in [5.74, 6) is -0.872. The molecule has 2 unspecified atom stereocenters. The van der Waals surface area contributed by atoms with Crippen LogP contribution in [0.4, 0.5) is 4.39 Å². The number of nitrogens with zero attached hydrogens (tertiary/aromatic N) is 5. The number of fused-ring (bicyclic) bond motifs is 2. The van der Waals surface area contributed by atoms with Gasteiger partial charge in [0, 0.05) is 46.4 Å². The molecule has 5 aromatic rings. The van der Waals surface area contributed by atoms with Crippen LogP contribution >= 0.6 is 0 Å². The number of hydrogen-bond donors (Lipinski definition) is 2. The highest BCUT2D eigenvalue weighted by Gasteiger charge is 2.37. The predicted molar refractivity (Wildman–Crippen MR) is 138 cm³/mol. The third-order valence-electron chi connectivity index (χ3n) is 7.29. The molecule has 1 fully saturated rings. The first-order valence-electron chi connectivity index (χ1n) is 12.4. The molecule has 1 amide bonds. The Kier molecular flexibility index (Phi) is 5.52. The average Bonchev–Trinajstić information content (AvgIpc) is 3.45. The van der Waals surface area contributed by atoms with Crippen molar-refractivity contribution in [2.45, 2.75) is 50.8 Å². The van der Waals surface area contributed by atoms with E-state index in [4.69, 9.17) is 10.8 Å². The van der Waals surface area contributed by atoms with Crippen LogP contribution in [0.5, 0.6) is 0 Å². The zero-order chi connectivity index (χ0) is 25.7. The summed E-state index contributed by atoms with van der Waals surface area (Å²) in [6.45, 7) is 2.18. The number of hydrogen-bond acceptors (Lipinski definition) is 5. The van der Waals surface area contributed by atoms with Gasteiger partial charge in [0.1, 0.15) is 11.2 Å². The van der Waals surface area contributed by atoms with E-state index >= 15 is 0 Å². The molecule has 0 bridgehead atoms. The van der Waals surface area contributed by atoms with Crippen LogP contribution in [0.15, 0.2) is 60.9 Å². The van der Waals surface area contributed by atoms with E-state index in [0.29, 0.717) is 29.3 Å². The number of carbonyl (C=O) groups is 1.